The summed E-state index contributed by atoms with van der Waals surface area (Å²) in [5.74, 6) is 0. The maximum Gasteiger partial charge on any atom is 0.0995 e. The molecular formula is C15H16N2S. The van der Waals surface area contributed by atoms with E-state index < -0.39 is 0 Å². The predicted octanol–water partition coefficient (Wildman–Crippen LogP) is 3.53. The Labute approximate surface area is 112 Å². The van der Waals surface area contributed by atoms with Gasteiger partial charge in [0, 0.05) is 22.8 Å². The van der Waals surface area contributed by atoms with Crippen LogP contribution >= 0.6 is 11.3 Å². The lowest BCUT2D eigenvalue weighted by Gasteiger charge is -2.05. The van der Waals surface area contributed by atoms with Crippen molar-refractivity contribution in [2.24, 2.45) is 0 Å². The Morgan fingerprint density at radius 3 is 2.67 bits per heavy atom. The summed E-state index contributed by atoms with van der Waals surface area (Å²) in [7, 11) is 0. The largest absolute Gasteiger partial charge is 0.308 e. The molecule has 0 amide bonds. The van der Waals surface area contributed by atoms with Gasteiger partial charge in [-0.15, -0.1) is 11.3 Å². The Morgan fingerprint density at radius 1 is 1.22 bits per heavy atom. The number of rotatable bonds is 4. The number of thiophene rings is 1. The van der Waals surface area contributed by atoms with Crippen molar-refractivity contribution < 1.29 is 0 Å². The molecule has 0 fully saturated rings. The van der Waals surface area contributed by atoms with Crippen LogP contribution in [0.25, 0.3) is 0 Å². The van der Waals surface area contributed by atoms with Crippen LogP contribution < -0.4 is 5.32 Å². The zero-order chi connectivity index (χ0) is 13.0. The molecular weight excluding hydrogens is 240 g/mol. The highest BCUT2D eigenvalue weighted by Gasteiger charge is 2.03. The van der Waals surface area contributed by atoms with Crippen LogP contribution in [-0.2, 0) is 13.1 Å². The van der Waals surface area contributed by atoms with Gasteiger partial charge in [0.15, 0.2) is 0 Å². The Bertz CT molecular complexity index is 559. The zero-order valence-electron chi connectivity index (χ0n) is 10.7. The smallest absolute Gasteiger partial charge is 0.0995 e. The molecule has 1 heterocycles. The van der Waals surface area contributed by atoms with Gasteiger partial charge in [-0.2, -0.15) is 5.26 Å². The Morgan fingerprint density at radius 2 is 2.00 bits per heavy atom. The van der Waals surface area contributed by atoms with Gasteiger partial charge < -0.3 is 5.32 Å². The summed E-state index contributed by atoms with van der Waals surface area (Å²) in [6.07, 6.45) is 0. The van der Waals surface area contributed by atoms with Crippen LogP contribution in [-0.4, -0.2) is 0 Å². The fourth-order valence-electron chi connectivity index (χ4n) is 1.84. The monoisotopic (exact) mass is 256 g/mol. The first-order valence-corrected chi connectivity index (χ1v) is 6.77. The maximum absolute atomic E-state index is 9.00. The van der Waals surface area contributed by atoms with Crippen molar-refractivity contribution in [2.45, 2.75) is 26.9 Å². The van der Waals surface area contributed by atoms with Crippen molar-refractivity contribution >= 4 is 11.3 Å². The van der Waals surface area contributed by atoms with E-state index in [4.69, 9.17) is 5.26 Å². The van der Waals surface area contributed by atoms with Gasteiger partial charge in [0.25, 0.3) is 0 Å². The average molecular weight is 256 g/mol. The quantitative estimate of drug-likeness (QED) is 0.908. The SMILES string of the molecule is Cc1cc(CNCc2ccccc2C#N)sc1C. The van der Waals surface area contributed by atoms with Crippen molar-refractivity contribution in [3.8, 4) is 6.07 Å². The highest BCUT2D eigenvalue weighted by Crippen LogP contribution is 2.20. The Kier molecular flexibility index (Phi) is 4.14. The van der Waals surface area contributed by atoms with Crippen molar-refractivity contribution in [2.75, 3.05) is 0 Å². The number of nitrogens with one attached hydrogen (secondary N) is 1. The molecule has 0 bridgehead atoms. The van der Waals surface area contributed by atoms with Crippen molar-refractivity contribution in [3.05, 3.63) is 56.8 Å². The van der Waals surface area contributed by atoms with Gasteiger partial charge in [0.1, 0.15) is 0 Å². The minimum absolute atomic E-state index is 0.736. The molecule has 0 aliphatic rings. The van der Waals surface area contributed by atoms with Crippen LogP contribution in [0.3, 0.4) is 0 Å². The first-order chi connectivity index (χ1) is 8.70. The number of aryl methyl sites for hydroxylation is 2. The van der Waals surface area contributed by atoms with E-state index in [1.807, 2.05) is 35.6 Å². The second-order valence-corrected chi connectivity index (χ2v) is 5.67. The normalized spacial score (nSPS) is 10.3. The van der Waals surface area contributed by atoms with Gasteiger partial charge in [-0.25, -0.2) is 0 Å². The molecule has 0 atom stereocenters. The molecule has 18 heavy (non-hydrogen) atoms. The number of nitrogens with zero attached hydrogens (tertiary/aromatic N) is 1. The molecule has 92 valence electrons. The molecule has 0 aliphatic carbocycles. The van der Waals surface area contributed by atoms with Gasteiger partial charge in [0.2, 0.25) is 0 Å². The number of hydrogen-bond donors (Lipinski definition) is 1. The van der Waals surface area contributed by atoms with Gasteiger partial charge in [-0.3, -0.25) is 0 Å². The summed E-state index contributed by atoms with van der Waals surface area (Å²) in [6.45, 7) is 5.88. The third kappa shape index (κ3) is 2.98. The van der Waals surface area contributed by atoms with Crippen LogP contribution in [0.1, 0.15) is 26.4 Å². The van der Waals surface area contributed by atoms with E-state index in [1.54, 1.807) is 0 Å². The molecule has 0 spiro atoms. The lowest BCUT2D eigenvalue weighted by Crippen LogP contribution is -2.12. The highest BCUT2D eigenvalue weighted by atomic mass is 32.1. The lowest BCUT2D eigenvalue weighted by atomic mass is 10.1. The molecule has 1 aromatic carbocycles. The molecule has 2 rings (SSSR count). The van der Waals surface area contributed by atoms with Crippen LogP contribution in [0, 0.1) is 25.2 Å². The predicted molar refractivity (Wildman–Crippen MR) is 75.5 cm³/mol. The van der Waals surface area contributed by atoms with E-state index in [9.17, 15) is 0 Å². The molecule has 2 nitrogen and oxygen atoms in total. The first kappa shape index (κ1) is 12.8. The fourth-order valence-corrected chi connectivity index (χ4v) is 2.86. The van der Waals surface area contributed by atoms with E-state index >= 15 is 0 Å². The zero-order valence-corrected chi connectivity index (χ0v) is 11.5. The third-order valence-corrected chi connectivity index (χ3v) is 4.12. The molecule has 0 saturated heterocycles. The second kappa shape index (κ2) is 5.81. The summed E-state index contributed by atoms with van der Waals surface area (Å²) in [5, 5.41) is 12.4. The summed E-state index contributed by atoms with van der Waals surface area (Å²) < 4.78 is 0. The molecule has 1 N–H and O–H groups in total. The van der Waals surface area contributed by atoms with E-state index in [0.717, 1.165) is 24.2 Å². The summed E-state index contributed by atoms with van der Waals surface area (Å²) in [5.41, 5.74) is 3.17. The van der Waals surface area contributed by atoms with Gasteiger partial charge in [0.05, 0.1) is 11.6 Å². The van der Waals surface area contributed by atoms with E-state index in [1.165, 1.54) is 15.3 Å². The summed E-state index contributed by atoms with van der Waals surface area (Å²) >= 11 is 1.83. The van der Waals surface area contributed by atoms with E-state index in [0.29, 0.717) is 0 Å². The van der Waals surface area contributed by atoms with E-state index in [2.05, 4.69) is 31.3 Å². The van der Waals surface area contributed by atoms with Crippen molar-refractivity contribution in [3.63, 3.8) is 0 Å². The van der Waals surface area contributed by atoms with E-state index in [-0.39, 0.29) is 0 Å². The van der Waals surface area contributed by atoms with Crippen molar-refractivity contribution in [1.29, 1.82) is 5.26 Å². The standard InChI is InChI=1S/C15H16N2S/c1-11-7-15(18-12(11)2)10-17-9-14-6-4-3-5-13(14)8-16/h3-7,17H,9-10H2,1-2H3. The highest BCUT2D eigenvalue weighted by molar-refractivity contribution is 7.12. The summed E-state index contributed by atoms with van der Waals surface area (Å²) in [4.78, 5) is 2.73. The minimum atomic E-state index is 0.736. The number of nitriles is 1. The van der Waals surface area contributed by atoms with Gasteiger partial charge in [-0.1, -0.05) is 18.2 Å². The third-order valence-electron chi connectivity index (χ3n) is 2.97. The summed E-state index contributed by atoms with van der Waals surface area (Å²) in [6, 6.07) is 12.2. The topological polar surface area (TPSA) is 35.8 Å². The van der Waals surface area contributed by atoms with Crippen LogP contribution in [0.5, 0.6) is 0 Å². The molecule has 0 aliphatic heterocycles. The molecule has 1 aromatic heterocycles. The average Bonchev–Trinajstić information content (AvgIpc) is 2.69. The lowest BCUT2D eigenvalue weighted by molar-refractivity contribution is 0.699. The van der Waals surface area contributed by atoms with Crippen LogP contribution in [0.2, 0.25) is 0 Å². The first-order valence-electron chi connectivity index (χ1n) is 5.95. The maximum atomic E-state index is 9.00. The molecule has 0 saturated carbocycles. The Hall–Kier alpha value is -1.63. The molecule has 0 unspecified atom stereocenters. The van der Waals surface area contributed by atoms with Gasteiger partial charge >= 0.3 is 0 Å². The number of benzene rings is 1. The van der Waals surface area contributed by atoms with Gasteiger partial charge in [-0.05, 0) is 37.1 Å². The fraction of sp³-hybridized carbons (Fsp3) is 0.267. The Balaban J connectivity index is 1.94. The molecule has 3 heteroatoms. The van der Waals surface area contributed by atoms with Crippen molar-refractivity contribution in [1.82, 2.24) is 5.32 Å². The molecule has 2 aromatic rings. The molecule has 0 radical (unpaired) electrons. The second-order valence-electron chi connectivity index (χ2n) is 4.32. The van der Waals surface area contributed by atoms with Crippen LogP contribution in [0.4, 0.5) is 0 Å². The minimum Gasteiger partial charge on any atom is -0.308 e. The van der Waals surface area contributed by atoms with Crippen LogP contribution in [0.15, 0.2) is 30.3 Å². The number of hydrogen-bond acceptors (Lipinski definition) is 3.